The molecule has 0 atom stereocenters. The fraction of sp³-hybridized carbons (Fsp3) is 0.400. The SMILES string of the molecule is Cc1ccc(-c2cncn2CCNC2CC2)cc1. The number of aromatic nitrogens is 2. The summed E-state index contributed by atoms with van der Waals surface area (Å²) in [5.41, 5.74) is 3.73. The van der Waals surface area contributed by atoms with Gasteiger partial charge in [-0.1, -0.05) is 29.8 Å². The molecule has 1 aliphatic carbocycles. The summed E-state index contributed by atoms with van der Waals surface area (Å²) < 4.78 is 2.22. The quantitative estimate of drug-likeness (QED) is 0.872. The molecule has 0 bridgehead atoms. The Morgan fingerprint density at radius 2 is 2.06 bits per heavy atom. The van der Waals surface area contributed by atoms with Crippen molar-refractivity contribution < 1.29 is 0 Å². The van der Waals surface area contributed by atoms with E-state index >= 15 is 0 Å². The molecule has 94 valence electrons. The van der Waals surface area contributed by atoms with Gasteiger partial charge in [-0.05, 0) is 25.3 Å². The van der Waals surface area contributed by atoms with Gasteiger partial charge < -0.3 is 9.88 Å². The van der Waals surface area contributed by atoms with Gasteiger partial charge in [-0.15, -0.1) is 0 Å². The Labute approximate surface area is 108 Å². The van der Waals surface area contributed by atoms with Crippen molar-refractivity contribution in [1.29, 1.82) is 0 Å². The first-order valence-electron chi connectivity index (χ1n) is 6.63. The predicted octanol–water partition coefficient (Wildman–Crippen LogP) is 2.61. The summed E-state index contributed by atoms with van der Waals surface area (Å²) in [6, 6.07) is 9.40. The first-order chi connectivity index (χ1) is 8.83. The Kier molecular flexibility index (Phi) is 3.15. The second kappa shape index (κ2) is 4.94. The number of nitrogens with zero attached hydrogens (tertiary/aromatic N) is 2. The van der Waals surface area contributed by atoms with Crippen LogP contribution < -0.4 is 5.32 Å². The molecule has 1 N–H and O–H groups in total. The standard InChI is InChI=1S/C15H19N3/c1-12-2-4-13(5-3-12)15-10-16-11-18(15)9-8-17-14-6-7-14/h2-5,10-11,14,17H,6-9H2,1H3. The lowest BCUT2D eigenvalue weighted by Crippen LogP contribution is -2.21. The molecule has 0 spiro atoms. The van der Waals surface area contributed by atoms with Gasteiger partial charge in [0.05, 0.1) is 18.2 Å². The van der Waals surface area contributed by atoms with Crippen LogP contribution >= 0.6 is 0 Å². The molecular formula is C15H19N3. The van der Waals surface area contributed by atoms with Crippen LogP contribution in [0.25, 0.3) is 11.3 Å². The lowest BCUT2D eigenvalue weighted by atomic mass is 10.1. The zero-order valence-corrected chi connectivity index (χ0v) is 10.8. The van der Waals surface area contributed by atoms with Crippen molar-refractivity contribution in [3.05, 3.63) is 42.4 Å². The van der Waals surface area contributed by atoms with Crippen LogP contribution in [-0.4, -0.2) is 22.1 Å². The molecule has 3 heteroatoms. The number of aryl methyl sites for hydroxylation is 1. The molecule has 1 aromatic heterocycles. The smallest absolute Gasteiger partial charge is 0.0951 e. The van der Waals surface area contributed by atoms with Gasteiger partial charge in [0.25, 0.3) is 0 Å². The zero-order chi connectivity index (χ0) is 12.4. The van der Waals surface area contributed by atoms with Crippen LogP contribution in [0.3, 0.4) is 0 Å². The third-order valence-electron chi connectivity index (χ3n) is 3.42. The van der Waals surface area contributed by atoms with E-state index in [0.717, 1.165) is 19.1 Å². The van der Waals surface area contributed by atoms with Crippen LogP contribution in [0.15, 0.2) is 36.8 Å². The highest BCUT2D eigenvalue weighted by atomic mass is 15.1. The van der Waals surface area contributed by atoms with Crippen LogP contribution in [0.5, 0.6) is 0 Å². The molecule has 0 radical (unpaired) electrons. The third kappa shape index (κ3) is 2.62. The number of imidazole rings is 1. The van der Waals surface area contributed by atoms with E-state index < -0.39 is 0 Å². The molecule has 1 heterocycles. The minimum absolute atomic E-state index is 0.774. The van der Waals surface area contributed by atoms with Crippen LogP contribution in [0.4, 0.5) is 0 Å². The first kappa shape index (κ1) is 11.5. The molecular weight excluding hydrogens is 222 g/mol. The van der Waals surface area contributed by atoms with E-state index in [1.165, 1.54) is 29.7 Å². The van der Waals surface area contributed by atoms with Gasteiger partial charge >= 0.3 is 0 Å². The van der Waals surface area contributed by atoms with E-state index in [2.05, 4.69) is 46.1 Å². The Hall–Kier alpha value is -1.61. The fourth-order valence-corrected chi connectivity index (χ4v) is 2.14. The molecule has 0 saturated heterocycles. The van der Waals surface area contributed by atoms with Crippen molar-refractivity contribution in [2.45, 2.75) is 32.4 Å². The second-order valence-electron chi connectivity index (χ2n) is 5.07. The van der Waals surface area contributed by atoms with E-state index in [-0.39, 0.29) is 0 Å². The summed E-state index contributed by atoms with van der Waals surface area (Å²) >= 11 is 0. The van der Waals surface area contributed by atoms with E-state index in [1.807, 2.05) is 12.5 Å². The summed E-state index contributed by atoms with van der Waals surface area (Å²) in [5, 5.41) is 3.53. The predicted molar refractivity (Wildman–Crippen MR) is 73.4 cm³/mol. The van der Waals surface area contributed by atoms with Crippen LogP contribution in [0.1, 0.15) is 18.4 Å². The minimum Gasteiger partial charge on any atom is -0.329 e. The van der Waals surface area contributed by atoms with Crippen molar-refractivity contribution in [3.8, 4) is 11.3 Å². The number of hydrogen-bond donors (Lipinski definition) is 1. The van der Waals surface area contributed by atoms with E-state index in [0.29, 0.717) is 0 Å². The van der Waals surface area contributed by atoms with E-state index in [4.69, 9.17) is 0 Å². The van der Waals surface area contributed by atoms with Crippen LogP contribution in [0.2, 0.25) is 0 Å². The molecule has 0 aliphatic heterocycles. The first-order valence-corrected chi connectivity index (χ1v) is 6.63. The monoisotopic (exact) mass is 241 g/mol. The summed E-state index contributed by atoms with van der Waals surface area (Å²) in [7, 11) is 0. The number of hydrogen-bond acceptors (Lipinski definition) is 2. The van der Waals surface area contributed by atoms with Gasteiger partial charge in [0.15, 0.2) is 0 Å². The van der Waals surface area contributed by atoms with Crippen molar-refractivity contribution in [1.82, 2.24) is 14.9 Å². The second-order valence-corrected chi connectivity index (χ2v) is 5.07. The Bertz CT molecular complexity index is 509. The van der Waals surface area contributed by atoms with Crippen molar-refractivity contribution in [3.63, 3.8) is 0 Å². The summed E-state index contributed by atoms with van der Waals surface area (Å²) in [6.45, 7) is 4.13. The van der Waals surface area contributed by atoms with Gasteiger partial charge in [0.1, 0.15) is 0 Å². The molecule has 0 unspecified atom stereocenters. The van der Waals surface area contributed by atoms with E-state index in [9.17, 15) is 0 Å². The van der Waals surface area contributed by atoms with Gasteiger partial charge in [0, 0.05) is 19.1 Å². The van der Waals surface area contributed by atoms with Gasteiger partial charge in [-0.2, -0.15) is 0 Å². The fourth-order valence-electron chi connectivity index (χ4n) is 2.14. The van der Waals surface area contributed by atoms with Crippen LogP contribution in [0, 0.1) is 6.92 Å². The molecule has 1 aliphatic rings. The van der Waals surface area contributed by atoms with Gasteiger partial charge in [0.2, 0.25) is 0 Å². The summed E-state index contributed by atoms with van der Waals surface area (Å²) in [4.78, 5) is 4.27. The lowest BCUT2D eigenvalue weighted by molar-refractivity contribution is 0.598. The molecule has 3 rings (SSSR count). The molecule has 3 nitrogen and oxygen atoms in total. The largest absolute Gasteiger partial charge is 0.329 e. The summed E-state index contributed by atoms with van der Waals surface area (Å²) in [6.07, 6.45) is 6.55. The Morgan fingerprint density at radius 1 is 1.28 bits per heavy atom. The zero-order valence-electron chi connectivity index (χ0n) is 10.8. The van der Waals surface area contributed by atoms with Gasteiger partial charge in [-0.3, -0.25) is 0 Å². The number of benzene rings is 1. The highest BCUT2D eigenvalue weighted by Crippen LogP contribution is 2.20. The highest BCUT2D eigenvalue weighted by molar-refractivity contribution is 5.59. The average molecular weight is 241 g/mol. The van der Waals surface area contributed by atoms with Crippen molar-refractivity contribution >= 4 is 0 Å². The minimum atomic E-state index is 0.774. The van der Waals surface area contributed by atoms with E-state index in [1.54, 1.807) is 0 Å². The Morgan fingerprint density at radius 3 is 2.78 bits per heavy atom. The summed E-state index contributed by atoms with van der Waals surface area (Å²) in [5.74, 6) is 0. The maximum absolute atomic E-state index is 4.27. The number of rotatable bonds is 5. The van der Waals surface area contributed by atoms with Crippen molar-refractivity contribution in [2.75, 3.05) is 6.54 Å². The molecule has 1 fully saturated rings. The highest BCUT2D eigenvalue weighted by Gasteiger charge is 2.19. The number of nitrogens with one attached hydrogen (secondary N) is 1. The maximum Gasteiger partial charge on any atom is 0.0951 e. The molecule has 1 saturated carbocycles. The normalized spacial score (nSPS) is 14.9. The topological polar surface area (TPSA) is 29.9 Å². The molecule has 2 aromatic rings. The maximum atomic E-state index is 4.27. The molecule has 18 heavy (non-hydrogen) atoms. The van der Waals surface area contributed by atoms with Crippen LogP contribution in [-0.2, 0) is 6.54 Å². The molecule has 1 aromatic carbocycles. The van der Waals surface area contributed by atoms with Gasteiger partial charge in [-0.25, -0.2) is 4.98 Å². The van der Waals surface area contributed by atoms with Crippen molar-refractivity contribution in [2.24, 2.45) is 0 Å². The molecule has 0 amide bonds. The third-order valence-corrected chi connectivity index (χ3v) is 3.42. The Balaban J connectivity index is 1.71. The lowest BCUT2D eigenvalue weighted by Gasteiger charge is -2.09. The average Bonchev–Trinajstić information content (AvgIpc) is 3.08.